The van der Waals surface area contributed by atoms with E-state index in [0.717, 1.165) is 31.9 Å². The van der Waals surface area contributed by atoms with Crippen LogP contribution in [0.3, 0.4) is 0 Å². The van der Waals surface area contributed by atoms with Gasteiger partial charge < -0.3 is 5.73 Å². The molecule has 1 saturated heterocycles. The number of likely N-dealkylation sites (tertiary alicyclic amines) is 1. The molecule has 1 fully saturated rings. The van der Waals surface area contributed by atoms with E-state index in [2.05, 4.69) is 82.3 Å². The normalized spacial score (nSPS) is 19.8. The Morgan fingerprint density at radius 2 is 1.74 bits per heavy atom. The van der Waals surface area contributed by atoms with Gasteiger partial charge in [-0.2, -0.15) is 5.10 Å². The van der Waals surface area contributed by atoms with Crippen LogP contribution in [0.2, 0.25) is 0 Å². The first-order chi connectivity index (χ1) is 12.8. The van der Waals surface area contributed by atoms with Gasteiger partial charge in [0.25, 0.3) is 0 Å². The molecule has 1 aliphatic rings. The highest BCUT2D eigenvalue weighted by atomic mass is 35.5. The minimum absolute atomic E-state index is 0. The molecule has 2 atom stereocenters. The van der Waals surface area contributed by atoms with Gasteiger partial charge in [-0.25, -0.2) is 4.68 Å². The molecule has 3 aromatic rings. The van der Waals surface area contributed by atoms with E-state index in [9.17, 15) is 0 Å². The minimum atomic E-state index is 0. The minimum Gasteiger partial charge on any atom is -0.330 e. The molecule has 1 aliphatic heterocycles. The second kappa shape index (κ2) is 8.70. The molecule has 2 N–H and O–H groups in total. The maximum atomic E-state index is 6.09. The molecule has 0 spiro atoms. The lowest BCUT2D eigenvalue weighted by molar-refractivity contribution is 0.310. The number of halogens is 1. The van der Waals surface area contributed by atoms with Crippen molar-refractivity contribution in [2.75, 3.05) is 19.6 Å². The van der Waals surface area contributed by atoms with Gasteiger partial charge in [-0.1, -0.05) is 48.5 Å². The molecule has 4 rings (SSSR count). The molecule has 0 unspecified atom stereocenters. The monoisotopic (exact) mass is 382 g/mol. The fourth-order valence-corrected chi connectivity index (χ4v) is 4.10. The van der Waals surface area contributed by atoms with E-state index in [4.69, 9.17) is 5.73 Å². The summed E-state index contributed by atoms with van der Waals surface area (Å²) in [6.45, 7) is 5.84. The quantitative estimate of drug-likeness (QED) is 0.730. The molecule has 0 amide bonds. The van der Waals surface area contributed by atoms with E-state index in [0.29, 0.717) is 11.8 Å². The fraction of sp³-hybridized carbons (Fsp3) is 0.318. The number of rotatable bonds is 5. The largest absolute Gasteiger partial charge is 0.330 e. The van der Waals surface area contributed by atoms with Crippen molar-refractivity contribution >= 4 is 12.4 Å². The van der Waals surface area contributed by atoms with E-state index in [1.165, 1.54) is 16.8 Å². The van der Waals surface area contributed by atoms with Crippen LogP contribution in [0.15, 0.2) is 66.9 Å². The van der Waals surface area contributed by atoms with Crippen LogP contribution in [-0.2, 0) is 6.54 Å². The van der Waals surface area contributed by atoms with E-state index in [1.807, 2.05) is 6.20 Å². The summed E-state index contributed by atoms with van der Waals surface area (Å²) < 4.78 is 2.07. The van der Waals surface area contributed by atoms with Gasteiger partial charge in [0.15, 0.2) is 0 Å². The van der Waals surface area contributed by atoms with Crippen molar-refractivity contribution in [3.8, 4) is 5.69 Å². The first kappa shape index (κ1) is 19.6. The number of nitrogens with two attached hydrogens (primary N) is 1. The Kier molecular flexibility index (Phi) is 6.32. The Morgan fingerprint density at radius 1 is 1.00 bits per heavy atom. The van der Waals surface area contributed by atoms with Crippen LogP contribution in [0, 0.1) is 12.8 Å². The van der Waals surface area contributed by atoms with Crippen molar-refractivity contribution in [2.45, 2.75) is 19.4 Å². The lowest BCUT2D eigenvalue weighted by atomic mass is 9.89. The zero-order valence-corrected chi connectivity index (χ0v) is 16.5. The van der Waals surface area contributed by atoms with E-state index in [-0.39, 0.29) is 12.4 Å². The van der Waals surface area contributed by atoms with Gasteiger partial charge in [-0.3, -0.25) is 4.90 Å². The zero-order valence-electron chi connectivity index (χ0n) is 15.7. The molecule has 1 aromatic heterocycles. The van der Waals surface area contributed by atoms with Crippen molar-refractivity contribution in [1.82, 2.24) is 14.7 Å². The van der Waals surface area contributed by atoms with Crippen LogP contribution in [0.5, 0.6) is 0 Å². The predicted molar refractivity (Wildman–Crippen MR) is 113 cm³/mol. The van der Waals surface area contributed by atoms with Crippen molar-refractivity contribution in [2.24, 2.45) is 11.7 Å². The van der Waals surface area contributed by atoms with Gasteiger partial charge in [0, 0.05) is 31.7 Å². The summed E-state index contributed by atoms with van der Waals surface area (Å²) in [5.41, 5.74) is 11.1. The number of nitrogens with zero attached hydrogens (tertiary/aromatic N) is 3. The second-order valence-corrected chi connectivity index (χ2v) is 7.23. The van der Waals surface area contributed by atoms with Crippen LogP contribution in [0.25, 0.3) is 5.69 Å². The maximum absolute atomic E-state index is 6.09. The third-order valence-electron chi connectivity index (χ3n) is 5.50. The number of hydrogen-bond donors (Lipinski definition) is 1. The maximum Gasteiger partial charge on any atom is 0.0678 e. The number of hydrogen-bond acceptors (Lipinski definition) is 3. The molecular weight excluding hydrogens is 356 g/mol. The smallest absolute Gasteiger partial charge is 0.0678 e. The standard InChI is InChI=1S/C22H26N4.ClH/c1-17-7-5-6-10-22(17)26-20(11-12-24-26)15-25-14-19(13-23)21(16-25)18-8-3-2-4-9-18;/h2-12,19,21H,13-16,23H2,1H3;1H/t19-,21+;/m1./s1. The number of aromatic nitrogens is 2. The zero-order chi connectivity index (χ0) is 17.9. The second-order valence-electron chi connectivity index (χ2n) is 7.23. The summed E-state index contributed by atoms with van der Waals surface area (Å²) in [6.07, 6.45) is 1.90. The summed E-state index contributed by atoms with van der Waals surface area (Å²) in [6, 6.07) is 21.3. The van der Waals surface area contributed by atoms with Crippen LogP contribution >= 0.6 is 12.4 Å². The highest BCUT2D eigenvalue weighted by Gasteiger charge is 2.33. The topological polar surface area (TPSA) is 47.1 Å². The van der Waals surface area contributed by atoms with Gasteiger partial charge in [-0.05, 0) is 42.6 Å². The lowest BCUT2D eigenvalue weighted by Crippen LogP contribution is -2.24. The molecule has 2 heterocycles. The Bertz CT molecular complexity index is 862. The highest BCUT2D eigenvalue weighted by Crippen LogP contribution is 2.33. The Balaban J connectivity index is 0.00000210. The number of aryl methyl sites for hydroxylation is 1. The summed E-state index contributed by atoms with van der Waals surface area (Å²) in [7, 11) is 0. The van der Waals surface area contributed by atoms with Crippen molar-refractivity contribution in [3.05, 3.63) is 83.7 Å². The Labute approximate surface area is 167 Å². The molecule has 2 aromatic carbocycles. The summed E-state index contributed by atoms with van der Waals surface area (Å²) >= 11 is 0. The van der Waals surface area contributed by atoms with Crippen molar-refractivity contribution < 1.29 is 0 Å². The molecule has 0 bridgehead atoms. The van der Waals surface area contributed by atoms with Gasteiger partial charge in [0.1, 0.15) is 0 Å². The molecular formula is C22H27ClN4. The van der Waals surface area contributed by atoms with Gasteiger partial charge >= 0.3 is 0 Å². The Hall–Kier alpha value is -2.14. The van der Waals surface area contributed by atoms with E-state index >= 15 is 0 Å². The summed E-state index contributed by atoms with van der Waals surface area (Å²) in [5.74, 6) is 1.02. The SMILES string of the molecule is Cc1ccccc1-n1nccc1CN1C[C@@H](CN)[C@H](c2ccccc2)C1.Cl. The molecule has 0 saturated carbocycles. The van der Waals surface area contributed by atoms with E-state index in [1.54, 1.807) is 0 Å². The molecule has 5 heteroatoms. The van der Waals surface area contributed by atoms with Crippen LogP contribution in [0.4, 0.5) is 0 Å². The third-order valence-corrected chi connectivity index (χ3v) is 5.50. The van der Waals surface area contributed by atoms with E-state index < -0.39 is 0 Å². The highest BCUT2D eigenvalue weighted by molar-refractivity contribution is 5.85. The van der Waals surface area contributed by atoms with Crippen molar-refractivity contribution in [3.63, 3.8) is 0 Å². The van der Waals surface area contributed by atoms with Crippen LogP contribution in [0.1, 0.15) is 22.7 Å². The van der Waals surface area contributed by atoms with Crippen LogP contribution in [-0.4, -0.2) is 34.3 Å². The van der Waals surface area contributed by atoms with Crippen molar-refractivity contribution in [1.29, 1.82) is 0 Å². The summed E-state index contributed by atoms with van der Waals surface area (Å²) in [4.78, 5) is 2.51. The van der Waals surface area contributed by atoms with Gasteiger partial charge in [0.05, 0.1) is 11.4 Å². The first-order valence-corrected chi connectivity index (χ1v) is 9.32. The molecule has 0 aliphatic carbocycles. The molecule has 142 valence electrons. The molecule has 0 radical (unpaired) electrons. The summed E-state index contributed by atoms with van der Waals surface area (Å²) in [5, 5.41) is 4.57. The molecule has 27 heavy (non-hydrogen) atoms. The predicted octanol–water partition coefficient (Wildman–Crippen LogP) is 3.78. The lowest BCUT2D eigenvalue weighted by Gasteiger charge is -2.18. The number of para-hydroxylation sites is 1. The van der Waals surface area contributed by atoms with Gasteiger partial charge in [-0.15, -0.1) is 12.4 Å². The van der Waals surface area contributed by atoms with Crippen LogP contribution < -0.4 is 5.73 Å². The van der Waals surface area contributed by atoms with Gasteiger partial charge in [0.2, 0.25) is 0 Å². The average Bonchev–Trinajstić information content (AvgIpc) is 3.30. The first-order valence-electron chi connectivity index (χ1n) is 9.32. The number of benzene rings is 2. The fourth-order valence-electron chi connectivity index (χ4n) is 4.10. The third kappa shape index (κ3) is 4.08. The molecule has 4 nitrogen and oxygen atoms in total. The Morgan fingerprint density at radius 3 is 2.48 bits per heavy atom. The average molecular weight is 383 g/mol.